The van der Waals surface area contributed by atoms with Gasteiger partial charge < -0.3 is 10.4 Å². The molecule has 2 N–H and O–H groups in total. The number of nitrogens with zero attached hydrogens (tertiary/aromatic N) is 1. The fourth-order valence-corrected chi connectivity index (χ4v) is 1.27. The fourth-order valence-electron chi connectivity index (χ4n) is 1.27. The molecule has 0 unspecified atom stereocenters. The summed E-state index contributed by atoms with van der Waals surface area (Å²) in [5.41, 5.74) is 0.0281. The molecule has 3 nitrogen and oxygen atoms in total. The number of pyridine rings is 1. The molecule has 90 valence electrons. The lowest BCUT2D eigenvalue weighted by molar-refractivity contribution is -0.00411. The summed E-state index contributed by atoms with van der Waals surface area (Å²) in [7, 11) is 0. The smallest absolute Gasteiger partial charge is 0.0767 e. The zero-order valence-electron chi connectivity index (χ0n) is 10.6. The van der Waals surface area contributed by atoms with Gasteiger partial charge in [0.1, 0.15) is 0 Å². The second-order valence-electron chi connectivity index (χ2n) is 5.18. The molecule has 1 heterocycles. The van der Waals surface area contributed by atoms with Gasteiger partial charge in [-0.15, -0.1) is 0 Å². The average molecular weight is 222 g/mol. The third-order valence-corrected chi connectivity index (χ3v) is 3.20. The molecule has 0 saturated carbocycles. The molecular weight excluding hydrogens is 200 g/mol. The summed E-state index contributed by atoms with van der Waals surface area (Å²) >= 11 is 0. The summed E-state index contributed by atoms with van der Waals surface area (Å²) < 4.78 is 0. The third-order valence-electron chi connectivity index (χ3n) is 3.20. The molecule has 16 heavy (non-hydrogen) atoms. The van der Waals surface area contributed by atoms with Crippen LogP contribution in [-0.2, 0) is 6.42 Å². The van der Waals surface area contributed by atoms with Crippen LogP contribution >= 0.6 is 0 Å². The predicted octanol–water partition coefficient (Wildman–Crippen LogP) is 1.76. The van der Waals surface area contributed by atoms with Crippen LogP contribution in [0, 0.1) is 0 Å². The summed E-state index contributed by atoms with van der Waals surface area (Å²) in [5, 5.41) is 13.3. The monoisotopic (exact) mass is 222 g/mol. The van der Waals surface area contributed by atoms with Gasteiger partial charge in [0.05, 0.1) is 5.60 Å². The summed E-state index contributed by atoms with van der Waals surface area (Å²) in [4.78, 5) is 4.26. The molecule has 0 bridgehead atoms. The van der Waals surface area contributed by atoms with Gasteiger partial charge in [0.25, 0.3) is 0 Å². The number of hydrogen-bond donors (Lipinski definition) is 2. The minimum atomic E-state index is -0.739. The lowest BCUT2D eigenvalue weighted by Crippen LogP contribution is -2.56. The molecule has 0 aromatic carbocycles. The maximum atomic E-state index is 9.96. The van der Waals surface area contributed by atoms with Crippen molar-refractivity contribution >= 4 is 0 Å². The van der Waals surface area contributed by atoms with Crippen molar-refractivity contribution in [1.29, 1.82) is 0 Å². The topological polar surface area (TPSA) is 45.1 Å². The van der Waals surface area contributed by atoms with Gasteiger partial charge in [-0.2, -0.15) is 0 Å². The minimum Gasteiger partial charge on any atom is -0.389 e. The molecule has 1 aromatic rings. The zero-order valence-corrected chi connectivity index (χ0v) is 10.6. The highest BCUT2D eigenvalue weighted by Crippen LogP contribution is 2.20. The van der Waals surface area contributed by atoms with Crippen LogP contribution in [0.5, 0.6) is 0 Å². The summed E-state index contributed by atoms with van der Waals surface area (Å²) in [5.74, 6) is 0. The van der Waals surface area contributed by atoms with E-state index in [1.807, 2.05) is 45.9 Å². The Bertz CT molecular complexity index is 314. The van der Waals surface area contributed by atoms with Crippen molar-refractivity contribution < 1.29 is 5.11 Å². The Morgan fingerprint density at radius 2 is 1.94 bits per heavy atom. The van der Waals surface area contributed by atoms with Gasteiger partial charge >= 0.3 is 0 Å². The lowest BCUT2D eigenvalue weighted by Gasteiger charge is -2.38. The standard InChI is InChI=1S/C13H22N2O/c1-12(2,13(3,4)16)15-10-8-11-7-5-6-9-14-11/h5-7,9,15-16H,8,10H2,1-4H3. The van der Waals surface area contributed by atoms with E-state index in [9.17, 15) is 5.11 Å². The Balaban J connectivity index is 2.42. The molecular formula is C13H22N2O. The first-order valence-electron chi connectivity index (χ1n) is 5.70. The molecule has 1 aromatic heterocycles. The van der Waals surface area contributed by atoms with Gasteiger partial charge in [-0.05, 0) is 39.8 Å². The maximum Gasteiger partial charge on any atom is 0.0767 e. The van der Waals surface area contributed by atoms with Gasteiger partial charge in [-0.25, -0.2) is 0 Å². The number of hydrogen-bond acceptors (Lipinski definition) is 3. The molecule has 0 spiro atoms. The van der Waals surface area contributed by atoms with E-state index in [2.05, 4.69) is 10.3 Å². The molecule has 0 aliphatic rings. The molecule has 0 amide bonds. The van der Waals surface area contributed by atoms with Crippen molar-refractivity contribution in [2.75, 3.05) is 6.54 Å². The van der Waals surface area contributed by atoms with Gasteiger partial charge in [0.2, 0.25) is 0 Å². The van der Waals surface area contributed by atoms with E-state index >= 15 is 0 Å². The van der Waals surface area contributed by atoms with Crippen molar-refractivity contribution in [2.45, 2.75) is 45.3 Å². The summed E-state index contributed by atoms with van der Waals surface area (Å²) in [6, 6.07) is 5.92. The van der Waals surface area contributed by atoms with E-state index in [0.717, 1.165) is 18.7 Å². The Labute approximate surface area is 97.9 Å². The highest BCUT2D eigenvalue weighted by atomic mass is 16.3. The minimum absolute atomic E-state index is 0.304. The first kappa shape index (κ1) is 13.1. The third kappa shape index (κ3) is 3.58. The molecule has 0 radical (unpaired) electrons. The van der Waals surface area contributed by atoms with Gasteiger partial charge in [0.15, 0.2) is 0 Å². The van der Waals surface area contributed by atoms with Crippen LogP contribution in [-0.4, -0.2) is 27.8 Å². The van der Waals surface area contributed by atoms with E-state index < -0.39 is 5.60 Å². The van der Waals surface area contributed by atoms with Crippen LogP contribution in [0.15, 0.2) is 24.4 Å². The van der Waals surface area contributed by atoms with Crippen LogP contribution in [0.1, 0.15) is 33.4 Å². The normalized spacial score (nSPS) is 12.8. The molecule has 0 saturated heterocycles. The van der Waals surface area contributed by atoms with Crippen molar-refractivity contribution in [2.24, 2.45) is 0 Å². The van der Waals surface area contributed by atoms with E-state index in [1.54, 1.807) is 6.20 Å². The van der Waals surface area contributed by atoms with Crippen molar-refractivity contribution in [3.8, 4) is 0 Å². The Hall–Kier alpha value is -0.930. The van der Waals surface area contributed by atoms with Gasteiger partial charge in [-0.3, -0.25) is 4.98 Å². The van der Waals surface area contributed by atoms with Crippen molar-refractivity contribution in [3.63, 3.8) is 0 Å². The van der Waals surface area contributed by atoms with E-state index in [0.29, 0.717) is 0 Å². The number of nitrogens with one attached hydrogen (secondary N) is 1. The second-order valence-corrected chi connectivity index (χ2v) is 5.18. The number of aromatic nitrogens is 1. The molecule has 0 aliphatic heterocycles. The number of aliphatic hydroxyl groups is 1. The summed E-state index contributed by atoms with van der Waals surface area (Å²) in [6.45, 7) is 8.46. The first-order valence-corrected chi connectivity index (χ1v) is 5.70. The molecule has 0 aliphatic carbocycles. The van der Waals surface area contributed by atoms with E-state index in [1.165, 1.54) is 0 Å². The van der Waals surface area contributed by atoms with Crippen LogP contribution < -0.4 is 5.32 Å². The Morgan fingerprint density at radius 1 is 1.25 bits per heavy atom. The average Bonchev–Trinajstić information content (AvgIpc) is 2.17. The SMILES string of the molecule is CC(C)(O)C(C)(C)NCCc1ccccn1. The summed E-state index contributed by atoms with van der Waals surface area (Å²) in [6.07, 6.45) is 2.68. The van der Waals surface area contributed by atoms with Crippen LogP contribution in [0.2, 0.25) is 0 Å². The Morgan fingerprint density at radius 3 is 2.44 bits per heavy atom. The van der Waals surface area contributed by atoms with Crippen molar-refractivity contribution in [3.05, 3.63) is 30.1 Å². The van der Waals surface area contributed by atoms with E-state index in [4.69, 9.17) is 0 Å². The molecule has 3 heteroatoms. The number of rotatable bonds is 5. The van der Waals surface area contributed by atoms with Crippen LogP contribution in [0.4, 0.5) is 0 Å². The predicted molar refractivity (Wildman–Crippen MR) is 66.3 cm³/mol. The van der Waals surface area contributed by atoms with Crippen LogP contribution in [0.3, 0.4) is 0 Å². The van der Waals surface area contributed by atoms with Gasteiger partial charge in [0, 0.05) is 30.4 Å². The van der Waals surface area contributed by atoms with E-state index in [-0.39, 0.29) is 5.54 Å². The fraction of sp³-hybridized carbons (Fsp3) is 0.615. The maximum absolute atomic E-state index is 9.96. The van der Waals surface area contributed by atoms with Gasteiger partial charge in [-0.1, -0.05) is 6.07 Å². The zero-order chi connectivity index (χ0) is 12.2. The largest absolute Gasteiger partial charge is 0.389 e. The lowest BCUT2D eigenvalue weighted by atomic mass is 9.86. The Kier molecular flexibility index (Phi) is 4.05. The second kappa shape index (κ2) is 4.93. The highest BCUT2D eigenvalue weighted by Gasteiger charge is 2.33. The first-order chi connectivity index (χ1) is 7.33. The van der Waals surface area contributed by atoms with Crippen molar-refractivity contribution in [1.82, 2.24) is 10.3 Å². The molecule has 0 fully saturated rings. The quantitative estimate of drug-likeness (QED) is 0.798. The van der Waals surface area contributed by atoms with Crippen LogP contribution in [0.25, 0.3) is 0 Å². The highest BCUT2D eigenvalue weighted by molar-refractivity contribution is 5.04. The molecule has 0 atom stereocenters. The molecule has 1 rings (SSSR count).